The lowest BCUT2D eigenvalue weighted by Crippen LogP contribution is -2.23. The fraction of sp³-hybridized carbons (Fsp3) is 0.261. The first-order chi connectivity index (χ1) is 15.3. The summed E-state index contributed by atoms with van der Waals surface area (Å²) in [4.78, 5) is 21.2. The largest absolute Gasteiger partial charge is 0.465 e. The number of nitrogens with zero attached hydrogens (tertiary/aromatic N) is 2. The Bertz CT molecular complexity index is 1150. The Morgan fingerprint density at radius 2 is 1.62 bits per heavy atom. The Morgan fingerprint density at radius 1 is 1.00 bits per heavy atom. The van der Waals surface area contributed by atoms with Gasteiger partial charge in [-0.2, -0.15) is 4.98 Å². The fourth-order valence-electron chi connectivity index (χ4n) is 3.05. The third kappa shape index (κ3) is 5.82. The van der Waals surface area contributed by atoms with Crippen molar-refractivity contribution < 1.29 is 22.7 Å². The van der Waals surface area contributed by atoms with Gasteiger partial charge in [-0.15, -0.1) is 0 Å². The van der Waals surface area contributed by atoms with Crippen LogP contribution in [0.4, 0.5) is 5.95 Å². The maximum absolute atomic E-state index is 12.8. The van der Waals surface area contributed by atoms with Crippen LogP contribution < -0.4 is 9.46 Å². The van der Waals surface area contributed by atoms with Crippen LogP contribution in [0.5, 0.6) is 11.6 Å². The second-order valence-corrected chi connectivity index (χ2v) is 8.94. The predicted molar refractivity (Wildman–Crippen MR) is 120 cm³/mol. The van der Waals surface area contributed by atoms with Crippen molar-refractivity contribution in [2.24, 2.45) is 5.92 Å². The number of hydrogen-bond acceptors (Lipinski definition) is 7. The molecule has 8 nitrogen and oxygen atoms in total. The Labute approximate surface area is 187 Å². The van der Waals surface area contributed by atoms with Gasteiger partial charge in [-0.05, 0) is 37.1 Å². The minimum Gasteiger partial charge on any atom is -0.465 e. The number of hydrogen-bond donors (Lipinski definition) is 1. The highest BCUT2D eigenvalue weighted by Crippen LogP contribution is 2.30. The number of ether oxygens (including phenoxy) is 2. The van der Waals surface area contributed by atoms with Crippen LogP contribution in [0.25, 0.3) is 0 Å². The van der Waals surface area contributed by atoms with Crippen molar-refractivity contribution >= 4 is 21.9 Å². The number of anilines is 1. The van der Waals surface area contributed by atoms with E-state index in [9.17, 15) is 13.2 Å². The first-order valence-electron chi connectivity index (χ1n) is 10.2. The lowest BCUT2D eigenvalue weighted by Gasteiger charge is -2.20. The van der Waals surface area contributed by atoms with Crippen molar-refractivity contribution in [3.8, 4) is 11.6 Å². The minimum absolute atomic E-state index is 0.0605. The van der Waals surface area contributed by atoms with Crippen LogP contribution in [0, 0.1) is 5.92 Å². The Kier molecular flexibility index (Phi) is 7.42. The molecule has 0 aliphatic carbocycles. The van der Waals surface area contributed by atoms with Gasteiger partial charge in [-0.25, -0.2) is 18.1 Å². The minimum atomic E-state index is -3.94. The van der Waals surface area contributed by atoms with Crippen LogP contribution in [-0.4, -0.2) is 31.0 Å². The summed E-state index contributed by atoms with van der Waals surface area (Å²) in [5.74, 6) is -0.938. The smallest absolute Gasteiger partial charge is 0.315 e. The summed E-state index contributed by atoms with van der Waals surface area (Å²) in [5, 5.41) is 0. The molecule has 0 saturated heterocycles. The molecule has 3 aromatic rings. The third-order valence-electron chi connectivity index (χ3n) is 4.49. The Hall–Kier alpha value is -3.46. The molecule has 1 N–H and O–H groups in total. The maximum atomic E-state index is 12.8. The molecule has 3 rings (SSSR count). The number of carbonyl (C=O) groups is 1. The highest BCUT2D eigenvalue weighted by molar-refractivity contribution is 7.92. The van der Waals surface area contributed by atoms with Crippen molar-refractivity contribution in [3.05, 3.63) is 72.4 Å². The summed E-state index contributed by atoms with van der Waals surface area (Å²) < 4.78 is 39.0. The summed E-state index contributed by atoms with van der Waals surface area (Å²) in [6, 6.07) is 18.3. The van der Waals surface area contributed by atoms with Gasteiger partial charge in [-0.3, -0.25) is 4.79 Å². The molecule has 0 radical (unpaired) electrons. The van der Waals surface area contributed by atoms with Crippen molar-refractivity contribution in [1.82, 2.24) is 9.97 Å². The predicted octanol–water partition coefficient (Wildman–Crippen LogP) is 4.37. The SMILES string of the molecule is CCOC(=O)C(c1cc(Oc2ccccc2)nc(NS(=O)(=O)c2ccccc2)n1)C(C)C. The van der Waals surface area contributed by atoms with Gasteiger partial charge in [0.05, 0.1) is 17.2 Å². The Morgan fingerprint density at radius 3 is 2.22 bits per heavy atom. The van der Waals surface area contributed by atoms with Gasteiger partial charge in [0.2, 0.25) is 11.8 Å². The monoisotopic (exact) mass is 455 g/mol. The van der Waals surface area contributed by atoms with Crippen molar-refractivity contribution in [3.63, 3.8) is 0 Å². The number of sulfonamides is 1. The van der Waals surface area contributed by atoms with Gasteiger partial charge < -0.3 is 9.47 Å². The molecule has 2 aromatic carbocycles. The molecule has 1 atom stereocenters. The molecule has 0 aliphatic heterocycles. The van der Waals surface area contributed by atoms with Crippen molar-refractivity contribution in [2.45, 2.75) is 31.6 Å². The van der Waals surface area contributed by atoms with E-state index in [1.165, 1.54) is 18.2 Å². The van der Waals surface area contributed by atoms with E-state index >= 15 is 0 Å². The number of rotatable bonds is 9. The Balaban J connectivity index is 2.04. The summed E-state index contributed by atoms with van der Waals surface area (Å²) >= 11 is 0. The van der Waals surface area contributed by atoms with Gasteiger partial charge in [-0.1, -0.05) is 50.2 Å². The molecule has 9 heteroatoms. The van der Waals surface area contributed by atoms with Crippen LogP contribution in [0.3, 0.4) is 0 Å². The molecule has 1 unspecified atom stereocenters. The first-order valence-corrected chi connectivity index (χ1v) is 11.6. The summed E-state index contributed by atoms with van der Waals surface area (Å²) in [5.41, 5.74) is 0.296. The molecule has 0 saturated carbocycles. The number of aromatic nitrogens is 2. The molecule has 168 valence electrons. The molecule has 0 bridgehead atoms. The van der Waals surface area contributed by atoms with Gasteiger partial charge >= 0.3 is 5.97 Å². The zero-order chi connectivity index (χ0) is 23.1. The molecular weight excluding hydrogens is 430 g/mol. The molecule has 0 aliphatic rings. The van der Waals surface area contributed by atoms with Crippen LogP contribution >= 0.6 is 0 Å². The van der Waals surface area contributed by atoms with E-state index in [-0.39, 0.29) is 29.2 Å². The average molecular weight is 456 g/mol. The molecule has 0 spiro atoms. The van der Waals surface area contributed by atoms with Crippen molar-refractivity contribution in [2.75, 3.05) is 11.3 Å². The van der Waals surface area contributed by atoms with E-state index in [4.69, 9.17) is 9.47 Å². The van der Waals surface area contributed by atoms with Crippen molar-refractivity contribution in [1.29, 1.82) is 0 Å². The number of esters is 1. The molecule has 1 aromatic heterocycles. The number of carbonyl (C=O) groups excluding carboxylic acids is 1. The number of nitrogens with one attached hydrogen (secondary N) is 1. The lowest BCUT2D eigenvalue weighted by molar-refractivity contribution is -0.146. The van der Waals surface area contributed by atoms with Crippen LogP contribution in [-0.2, 0) is 19.6 Å². The van der Waals surface area contributed by atoms with Gasteiger partial charge in [0, 0.05) is 6.07 Å². The van der Waals surface area contributed by atoms with Crippen LogP contribution in [0.2, 0.25) is 0 Å². The van der Waals surface area contributed by atoms with E-state index in [0.29, 0.717) is 11.4 Å². The van der Waals surface area contributed by atoms with Crippen LogP contribution in [0.1, 0.15) is 32.4 Å². The van der Waals surface area contributed by atoms with Crippen LogP contribution in [0.15, 0.2) is 71.6 Å². The second-order valence-electron chi connectivity index (χ2n) is 7.26. The molecule has 1 heterocycles. The van der Waals surface area contributed by atoms with E-state index in [1.54, 1.807) is 49.4 Å². The number of benzene rings is 2. The maximum Gasteiger partial charge on any atom is 0.315 e. The summed E-state index contributed by atoms with van der Waals surface area (Å²) in [7, 11) is -3.94. The zero-order valence-corrected chi connectivity index (χ0v) is 18.9. The van der Waals surface area contributed by atoms with Gasteiger partial charge in [0.1, 0.15) is 11.7 Å². The second kappa shape index (κ2) is 10.2. The van der Waals surface area contributed by atoms with E-state index in [0.717, 1.165) is 0 Å². The number of para-hydroxylation sites is 1. The standard InChI is InChI=1S/C23H25N3O5S/c1-4-30-22(27)21(16(2)3)19-15-20(31-17-11-7-5-8-12-17)25-23(24-19)26-32(28,29)18-13-9-6-10-14-18/h5-16,21H,4H2,1-3H3,(H,24,25,26). The fourth-order valence-corrected chi connectivity index (χ4v) is 4.02. The first kappa shape index (κ1) is 23.2. The topological polar surface area (TPSA) is 107 Å². The molecule has 0 fully saturated rings. The highest BCUT2D eigenvalue weighted by Gasteiger charge is 2.29. The molecular formula is C23H25N3O5S. The van der Waals surface area contributed by atoms with Gasteiger partial charge in [0.15, 0.2) is 0 Å². The zero-order valence-electron chi connectivity index (χ0n) is 18.1. The quantitative estimate of drug-likeness (QED) is 0.477. The molecule has 0 amide bonds. The molecule has 32 heavy (non-hydrogen) atoms. The summed E-state index contributed by atoms with van der Waals surface area (Å²) in [6.45, 7) is 5.65. The average Bonchev–Trinajstić information content (AvgIpc) is 2.75. The van der Waals surface area contributed by atoms with E-state index in [1.807, 2.05) is 19.9 Å². The van der Waals surface area contributed by atoms with E-state index < -0.39 is 21.9 Å². The lowest BCUT2D eigenvalue weighted by atomic mass is 9.92. The van der Waals surface area contributed by atoms with E-state index in [2.05, 4.69) is 14.7 Å². The third-order valence-corrected chi connectivity index (χ3v) is 5.84. The summed E-state index contributed by atoms with van der Waals surface area (Å²) in [6.07, 6.45) is 0. The highest BCUT2D eigenvalue weighted by atomic mass is 32.2. The van der Waals surface area contributed by atoms with Gasteiger partial charge in [0.25, 0.3) is 10.0 Å². The normalized spacial score (nSPS) is 12.2.